The van der Waals surface area contributed by atoms with Crippen molar-refractivity contribution in [1.29, 1.82) is 0 Å². The summed E-state index contributed by atoms with van der Waals surface area (Å²) in [7, 11) is 0. The van der Waals surface area contributed by atoms with Crippen LogP contribution in [0.4, 0.5) is 0 Å². The largest absolute Gasteiger partial charge is 0.306 e. The number of nitrogens with zero attached hydrogens (tertiary/aromatic N) is 2. The zero-order chi connectivity index (χ0) is 11.2. The molecule has 0 aliphatic heterocycles. The molecule has 0 saturated heterocycles. The summed E-state index contributed by atoms with van der Waals surface area (Å²) >= 11 is 0. The summed E-state index contributed by atoms with van der Waals surface area (Å²) in [5.41, 5.74) is 2.39. The molecule has 0 aromatic carbocycles. The molecule has 1 atom stereocenters. The zero-order valence-electron chi connectivity index (χ0n) is 9.30. The Hall–Kier alpha value is -1.74. The molecule has 2 heterocycles. The van der Waals surface area contributed by atoms with E-state index in [0.717, 1.165) is 6.54 Å². The Morgan fingerprint density at radius 2 is 1.88 bits per heavy atom. The molecule has 0 aliphatic carbocycles. The molecule has 2 aromatic heterocycles. The first kappa shape index (κ1) is 10.8. The van der Waals surface area contributed by atoms with Gasteiger partial charge < -0.3 is 5.32 Å². The van der Waals surface area contributed by atoms with Crippen LogP contribution >= 0.6 is 0 Å². The Morgan fingerprint density at radius 1 is 1.06 bits per heavy atom. The van der Waals surface area contributed by atoms with Crippen LogP contribution < -0.4 is 5.32 Å². The maximum Gasteiger partial charge on any atom is 0.0592 e. The molecule has 0 radical (unpaired) electrons. The fraction of sp³-hybridized carbons (Fsp3) is 0.231. The first-order chi connectivity index (χ1) is 7.92. The van der Waals surface area contributed by atoms with Gasteiger partial charge in [-0.15, -0.1) is 0 Å². The van der Waals surface area contributed by atoms with Gasteiger partial charge in [0.2, 0.25) is 0 Å². The van der Waals surface area contributed by atoms with Crippen LogP contribution in [-0.4, -0.2) is 16.5 Å². The van der Waals surface area contributed by atoms with Gasteiger partial charge in [0.15, 0.2) is 0 Å². The van der Waals surface area contributed by atoms with E-state index in [9.17, 15) is 0 Å². The standard InChI is InChI=1S/C13H15N3/c1-2-16-13(11-5-8-14-9-6-11)12-4-3-7-15-10-12/h3-10,13,16H,2H2,1H3. The number of hydrogen-bond donors (Lipinski definition) is 1. The third-order valence-electron chi connectivity index (χ3n) is 2.47. The highest BCUT2D eigenvalue weighted by Gasteiger charge is 2.11. The normalized spacial score (nSPS) is 12.3. The van der Waals surface area contributed by atoms with Gasteiger partial charge in [-0.25, -0.2) is 0 Å². The number of hydrogen-bond acceptors (Lipinski definition) is 3. The molecular weight excluding hydrogens is 198 g/mol. The molecule has 0 spiro atoms. The van der Waals surface area contributed by atoms with Crippen molar-refractivity contribution in [3.8, 4) is 0 Å². The van der Waals surface area contributed by atoms with Gasteiger partial charge in [0, 0.05) is 24.8 Å². The fourth-order valence-electron chi connectivity index (χ4n) is 1.73. The van der Waals surface area contributed by atoms with Gasteiger partial charge in [-0.05, 0) is 35.9 Å². The summed E-state index contributed by atoms with van der Waals surface area (Å²) in [4.78, 5) is 8.20. The minimum atomic E-state index is 0.196. The van der Waals surface area contributed by atoms with Crippen LogP contribution in [0.25, 0.3) is 0 Å². The van der Waals surface area contributed by atoms with Crippen molar-refractivity contribution in [3.05, 3.63) is 60.2 Å². The summed E-state index contributed by atoms with van der Waals surface area (Å²) in [5.74, 6) is 0. The quantitative estimate of drug-likeness (QED) is 0.845. The SMILES string of the molecule is CCNC(c1ccncc1)c1cccnc1. The van der Waals surface area contributed by atoms with Crippen molar-refractivity contribution in [2.24, 2.45) is 0 Å². The predicted octanol–water partition coefficient (Wildman–Crippen LogP) is 2.18. The highest BCUT2D eigenvalue weighted by molar-refractivity contribution is 5.28. The maximum atomic E-state index is 4.16. The van der Waals surface area contributed by atoms with E-state index < -0.39 is 0 Å². The number of nitrogens with one attached hydrogen (secondary N) is 1. The third-order valence-corrected chi connectivity index (χ3v) is 2.47. The van der Waals surface area contributed by atoms with Gasteiger partial charge in [-0.3, -0.25) is 9.97 Å². The molecule has 0 amide bonds. The summed E-state index contributed by atoms with van der Waals surface area (Å²) in [6, 6.07) is 8.30. The Kier molecular flexibility index (Phi) is 3.62. The van der Waals surface area contributed by atoms with E-state index in [4.69, 9.17) is 0 Å². The van der Waals surface area contributed by atoms with Crippen molar-refractivity contribution in [3.63, 3.8) is 0 Å². The van der Waals surface area contributed by atoms with Crippen LogP contribution in [0.1, 0.15) is 24.1 Å². The van der Waals surface area contributed by atoms with E-state index in [1.807, 2.05) is 36.8 Å². The Bertz CT molecular complexity index is 374. The van der Waals surface area contributed by atoms with Crippen LogP contribution in [-0.2, 0) is 0 Å². The van der Waals surface area contributed by atoms with Gasteiger partial charge >= 0.3 is 0 Å². The second-order valence-corrected chi connectivity index (χ2v) is 3.56. The molecule has 2 rings (SSSR count). The minimum Gasteiger partial charge on any atom is -0.306 e. The van der Waals surface area contributed by atoms with Crippen molar-refractivity contribution in [1.82, 2.24) is 15.3 Å². The van der Waals surface area contributed by atoms with E-state index in [-0.39, 0.29) is 6.04 Å². The lowest BCUT2D eigenvalue weighted by Crippen LogP contribution is -2.22. The molecule has 16 heavy (non-hydrogen) atoms. The number of rotatable bonds is 4. The molecule has 0 aliphatic rings. The molecule has 1 N–H and O–H groups in total. The lowest BCUT2D eigenvalue weighted by Gasteiger charge is -2.18. The van der Waals surface area contributed by atoms with Gasteiger partial charge in [-0.1, -0.05) is 13.0 Å². The summed E-state index contributed by atoms with van der Waals surface area (Å²) in [6.07, 6.45) is 7.32. The lowest BCUT2D eigenvalue weighted by molar-refractivity contribution is 0.628. The molecule has 3 heteroatoms. The van der Waals surface area contributed by atoms with Crippen molar-refractivity contribution in [2.45, 2.75) is 13.0 Å². The monoisotopic (exact) mass is 213 g/mol. The average Bonchev–Trinajstić information content (AvgIpc) is 2.38. The maximum absolute atomic E-state index is 4.16. The highest BCUT2D eigenvalue weighted by Crippen LogP contribution is 2.19. The predicted molar refractivity (Wildman–Crippen MR) is 64.0 cm³/mol. The van der Waals surface area contributed by atoms with E-state index in [0.29, 0.717) is 0 Å². The van der Waals surface area contributed by atoms with Crippen molar-refractivity contribution in [2.75, 3.05) is 6.54 Å². The molecular formula is C13H15N3. The van der Waals surface area contributed by atoms with E-state index in [2.05, 4.69) is 28.3 Å². The topological polar surface area (TPSA) is 37.8 Å². The highest BCUT2D eigenvalue weighted by atomic mass is 14.9. The lowest BCUT2D eigenvalue weighted by atomic mass is 10.0. The fourth-order valence-corrected chi connectivity index (χ4v) is 1.73. The molecule has 2 aromatic rings. The Morgan fingerprint density at radius 3 is 2.50 bits per heavy atom. The Labute approximate surface area is 95.6 Å². The van der Waals surface area contributed by atoms with Gasteiger partial charge in [0.1, 0.15) is 0 Å². The van der Waals surface area contributed by atoms with E-state index >= 15 is 0 Å². The zero-order valence-corrected chi connectivity index (χ0v) is 9.30. The van der Waals surface area contributed by atoms with Crippen LogP contribution in [0.3, 0.4) is 0 Å². The average molecular weight is 213 g/mol. The summed E-state index contributed by atoms with van der Waals surface area (Å²) in [5, 5.41) is 3.45. The van der Waals surface area contributed by atoms with Crippen LogP contribution in [0.5, 0.6) is 0 Å². The van der Waals surface area contributed by atoms with Gasteiger partial charge in [0.05, 0.1) is 6.04 Å². The van der Waals surface area contributed by atoms with Gasteiger partial charge in [0.25, 0.3) is 0 Å². The van der Waals surface area contributed by atoms with Crippen LogP contribution in [0, 0.1) is 0 Å². The molecule has 0 bridgehead atoms. The number of pyridine rings is 2. The minimum absolute atomic E-state index is 0.196. The van der Waals surface area contributed by atoms with Gasteiger partial charge in [-0.2, -0.15) is 0 Å². The third kappa shape index (κ3) is 2.44. The first-order valence-electron chi connectivity index (χ1n) is 5.45. The molecule has 0 fully saturated rings. The van der Waals surface area contributed by atoms with E-state index in [1.165, 1.54) is 11.1 Å². The molecule has 0 saturated carbocycles. The molecule has 1 unspecified atom stereocenters. The number of aromatic nitrogens is 2. The Balaban J connectivity index is 2.31. The second kappa shape index (κ2) is 5.37. The van der Waals surface area contributed by atoms with Crippen LogP contribution in [0.15, 0.2) is 49.1 Å². The first-order valence-corrected chi connectivity index (χ1v) is 5.45. The smallest absolute Gasteiger partial charge is 0.0592 e. The van der Waals surface area contributed by atoms with Crippen LogP contribution in [0.2, 0.25) is 0 Å². The van der Waals surface area contributed by atoms with E-state index in [1.54, 1.807) is 6.20 Å². The molecule has 82 valence electrons. The summed E-state index contributed by atoms with van der Waals surface area (Å²) < 4.78 is 0. The second-order valence-electron chi connectivity index (χ2n) is 3.56. The molecule has 3 nitrogen and oxygen atoms in total. The summed E-state index contributed by atoms with van der Waals surface area (Å²) in [6.45, 7) is 3.02. The van der Waals surface area contributed by atoms with Crippen molar-refractivity contribution < 1.29 is 0 Å². The van der Waals surface area contributed by atoms with Crippen molar-refractivity contribution >= 4 is 0 Å².